The number of aromatic nitrogens is 1. The quantitative estimate of drug-likeness (QED) is 0.183. The molecule has 0 aliphatic carbocycles. The molecule has 0 fully saturated rings. The van der Waals surface area contributed by atoms with Gasteiger partial charge in [0.05, 0.1) is 22.3 Å². The molecule has 0 unspecified atom stereocenters. The Bertz CT molecular complexity index is 3130. The van der Waals surface area contributed by atoms with Crippen molar-refractivity contribution in [2.24, 2.45) is 0 Å². The molecule has 8 aromatic carbocycles. The lowest BCUT2D eigenvalue weighted by atomic mass is 9.96. The van der Waals surface area contributed by atoms with Gasteiger partial charge in [-0.25, -0.2) is 0 Å². The van der Waals surface area contributed by atoms with Crippen LogP contribution < -0.4 is 4.90 Å². The summed E-state index contributed by atoms with van der Waals surface area (Å²) in [5.74, 6) is 0. The molecule has 244 valence electrons. The van der Waals surface area contributed by atoms with Gasteiger partial charge in [-0.15, -0.1) is 0 Å². The van der Waals surface area contributed by atoms with Crippen LogP contribution in [0.2, 0.25) is 0 Å². The third kappa shape index (κ3) is 4.21. The van der Waals surface area contributed by atoms with Gasteiger partial charge in [0.1, 0.15) is 11.2 Å². The molecule has 11 aromatic rings. The zero-order valence-corrected chi connectivity index (χ0v) is 28.0. The summed E-state index contributed by atoms with van der Waals surface area (Å²) in [5, 5.41) is 7.98. The minimum Gasteiger partial charge on any atom is -0.454 e. The van der Waals surface area contributed by atoms with Crippen LogP contribution in [0.5, 0.6) is 0 Å². The van der Waals surface area contributed by atoms with Gasteiger partial charge in [-0.1, -0.05) is 127 Å². The van der Waals surface area contributed by atoms with Crippen LogP contribution in [0, 0.1) is 0 Å². The van der Waals surface area contributed by atoms with E-state index in [2.05, 4.69) is 167 Å². The van der Waals surface area contributed by atoms with E-state index in [-0.39, 0.29) is 0 Å². The molecule has 11 rings (SSSR count). The van der Waals surface area contributed by atoms with Crippen LogP contribution in [0.1, 0.15) is 0 Å². The summed E-state index contributed by atoms with van der Waals surface area (Å²) in [4.78, 5) is 2.34. The molecule has 0 aliphatic heterocycles. The first-order valence-corrected chi connectivity index (χ1v) is 17.6. The molecule has 0 bridgehead atoms. The van der Waals surface area contributed by atoms with Crippen LogP contribution in [0.25, 0.3) is 82.5 Å². The summed E-state index contributed by atoms with van der Waals surface area (Å²) in [6, 6.07) is 64.2. The second-order valence-electron chi connectivity index (χ2n) is 13.3. The summed E-state index contributed by atoms with van der Waals surface area (Å²) in [5.41, 5.74) is 11.1. The number of rotatable bonds is 5. The minimum atomic E-state index is 0.849. The van der Waals surface area contributed by atoms with Gasteiger partial charge in [-0.3, -0.25) is 4.57 Å². The van der Waals surface area contributed by atoms with Crippen molar-refractivity contribution in [1.82, 2.24) is 4.57 Å². The van der Waals surface area contributed by atoms with Gasteiger partial charge in [-0.2, -0.15) is 0 Å². The maximum absolute atomic E-state index is 6.66. The summed E-state index contributed by atoms with van der Waals surface area (Å²) in [6.07, 6.45) is 0. The zero-order chi connectivity index (χ0) is 34.2. The fourth-order valence-corrected chi connectivity index (χ4v) is 8.11. The number of hydrogen-bond donors (Lipinski definition) is 0. The average Bonchev–Trinajstić information content (AvgIpc) is 3.88. The first-order chi connectivity index (χ1) is 25.8. The Labute approximate surface area is 299 Å². The van der Waals surface area contributed by atoms with E-state index >= 15 is 0 Å². The highest BCUT2D eigenvalue weighted by Crippen LogP contribution is 2.46. The number of fused-ring (bicyclic) bond motifs is 9. The number of nitrogens with zero attached hydrogens (tertiary/aromatic N) is 2. The van der Waals surface area contributed by atoms with Crippen molar-refractivity contribution >= 4 is 82.7 Å². The fourth-order valence-electron chi connectivity index (χ4n) is 8.11. The Morgan fingerprint density at radius 3 is 1.85 bits per heavy atom. The molecular weight excluding hydrogens is 637 g/mol. The molecule has 0 amide bonds. The van der Waals surface area contributed by atoms with E-state index in [1.54, 1.807) is 0 Å². The molecule has 0 N–H and O–H groups in total. The highest BCUT2D eigenvalue weighted by atomic mass is 16.3. The standard InChI is InChI=1S/C48H30N2O2/c1-2-13-31(14-3-1)34-29-30-42(36-16-5-4-15-35(34)36)49(43-22-12-20-38-37-17-7-10-23-44(37)51-47(38)43)32-25-27-33(28-26-32)50-41-21-9-6-18-39(41)46-40-19-8-11-24-45(40)52-48(46)50/h1-30H. The molecule has 0 radical (unpaired) electrons. The Kier molecular flexibility index (Phi) is 6.22. The summed E-state index contributed by atoms with van der Waals surface area (Å²) in [6.45, 7) is 0. The topological polar surface area (TPSA) is 34.5 Å². The van der Waals surface area contributed by atoms with Crippen molar-refractivity contribution in [2.45, 2.75) is 0 Å². The first-order valence-electron chi connectivity index (χ1n) is 17.6. The van der Waals surface area contributed by atoms with Gasteiger partial charge in [0.25, 0.3) is 0 Å². The van der Waals surface area contributed by atoms with Crippen LogP contribution >= 0.6 is 0 Å². The smallest absolute Gasteiger partial charge is 0.213 e. The lowest BCUT2D eigenvalue weighted by molar-refractivity contribution is 0.645. The number of hydrogen-bond acceptors (Lipinski definition) is 3. The van der Waals surface area contributed by atoms with Crippen molar-refractivity contribution < 1.29 is 8.83 Å². The van der Waals surface area contributed by atoms with E-state index in [1.165, 1.54) is 21.9 Å². The van der Waals surface area contributed by atoms with Crippen molar-refractivity contribution in [3.63, 3.8) is 0 Å². The lowest BCUT2D eigenvalue weighted by Gasteiger charge is -2.27. The van der Waals surface area contributed by atoms with Crippen LogP contribution in [-0.2, 0) is 0 Å². The predicted octanol–water partition coefficient (Wildman–Crippen LogP) is 13.7. The molecule has 0 saturated heterocycles. The van der Waals surface area contributed by atoms with Crippen molar-refractivity contribution in [3.05, 3.63) is 182 Å². The van der Waals surface area contributed by atoms with Crippen molar-refractivity contribution in [1.29, 1.82) is 0 Å². The van der Waals surface area contributed by atoms with E-state index in [4.69, 9.17) is 8.83 Å². The van der Waals surface area contributed by atoms with Crippen molar-refractivity contribution in [3.8, 4) is 16.8 Å². The summed E-state index contributed by atoms with van der Waals surface area (Å²) in [7, 11) is 0. The predicted molar refractivity (Wildman–Crippen MR) is 215 cm³/mol. The molecule has 0 atom stereocenters. The van der Waals surface area contributed by atoms with Gasteiger partial charge in [0.2, 0.25) is 5.71 Å². The van der Waals surface area contributed by atoms with Crippen LogP contribution in [0.3, 0.4) is 0 Å². The fraction of sp³-hybridized carbons (Fsp3) is 0. The number of furan rings is 2. The SMILES string of the molecule is c1ccc(-c2ccc(N(c3ccc(-n4c5ccccc5c5c6ccccc6oc54)cc3)c3cccc4c3oc3ccccc34)c3ccccc23)cc1. The van der Waals surface area contributed by atoms with E-state index in [0.29, 0.717) is 0 Å². The number of benzene rings is 8. The molecular formula is C48H30N2O2. The monoisotopic (exact) mass is 666 g/mol. The average molecular weight is 667 g/mol. The highest BCUT2D eigenvalue weighted by Gasteiger charge is 2.23. The van der Waals surface area contributed by atoms with E-state index in [1.807, 2.05) is 24.3 Å². The maximum atomic E-state index is 6.66. The highest BCUT2D eigenvalue weighted by molar-refractivity contribution is 6.20. The molecule has 4 heteroatoms. The normalized spacial score (nSPS) is 11.8. The molecule has 0 saturated carbocycles. The van der Waals surface area contributed by atoms with Gasteiger partial charge in [0, 0.05) is 38.3 Å². The Morgan fingerprint density at radius 1 is 0.404 bits per heavy atom. The molecule has 0 aliphatic rings. The first kappa shape index (κ1) is 28.8. The molecule has 0 spiro atoms. The van der Waals surface area contributed by atoms with E-state index in [0.717, 1.165) is 77.7 Å². The molecule has 4 nitrogen and oxygen atoms in total. The van der Waals surface area contributed by atoms with E-state index < -0.39 is 0 Å². The molecule has 3 heterocycles. The third-order valence-corrected chi connectivity index (χ3v) is 10.4. The summed E-state index contributed by atoms with van der Waals surface area (Å²) >= 11 is 0. The second kappa shape index (κ2) is 11.2. The van der Waals surface area contributed by atoms with Crippen LogP contribution in [0.15, 0.2) is 191 Å². The van der Waals surface area contributed by atoms with Gasteiger partial charge < -0.3 is 13.7 Å². The summed E-state index contributed by atoms with van der Waals surface area (Å²) < 4.78 is 15.5. The number of para-hydroxylation sites is 4. The molecule has 52 heavy (non-hydrogen) atoms. The zero-order valence-electron chi connectivity index (χ0n) is 28.0. The Balaban J connectivity index is 1.15. The Hall–Kier alpha value is -7.04. The van der Waals surface area contributed by atoms with E-state index in [9.17, 15) is 0 Å². The lowest BCUT2D eigenvalue weighted by Crippen LogP contribution is -2.11. The largest absolute Gasteiger partial charge is 0.454 e. The maximum Gasteiger partial charge on any atom is 0.213 e. The van der Waals surface area contributed by atoms with Crippen LogP contribution in [0.4, 0.5) is 17.1 Å². The Morgan fingerprint density at radius 2 is 1.04 bits per heavy atom. The van der Waals surface area contributed by atoms with Crippen molar-refractivity contribution in [2.75, 3.05) is 4.90 Å². The van der Waals surface area contributed by atoms with Gasteiger partial charge >= 0.3 is 0 Å². The van der Waals surface area contributed by atoms with Crippen LogP contribution in [-0.4, -0.2) is 4.57 Å². The molecule has 3 aromatic heterocycles. The second-order valence-corrected chi connectivity index (χ2v) is 13.3. The number of anilines is 3. The van der Waals surface area contributed by atoms with Gasteiger partial charge in [0.15, 0.2) is 5.58 Å². The third-order valence-electron chi connectivity index (χ3n) is 10.4. The minimum absolute atomic E-state index is 0.849. The van der Waals surface area contributed by atoms with Gasteiger partial charge in [-0.05, 0) is 71.1 Å².